The molecule has 0 spiro atoms. The summed E-state index contributed by atoms with van der Waals surface area (Å²) in [7, 11) is 8.56. The predicted octanol–water partition coefficient (Wildman–Crippen LogP) is -2.65. The molecular weight excluding hydrogens is 238 g/mol. The zero-order valence-corrected chi connectivity index (χ0v) is 12.1. The SMILES string of the molecule is CN(N)N=CN[C@H]1CC[C@H]([N+](C)(C)C)CC1.[Cl-]. The summed E-state index contributed by atoms with van der Waals surface area (Å²) in [6, 6.07) is 1.36. The number of nitrogens with one attached hydrogen (secondary N) is 1. The lowest BCUT2D eigenvalue weighted by molar-refractivity contribution is -0.897. The smallest absolute Gasteiger partial charge is 0.110 e. The summed E-state index contributed by atoms with van der Waals surface area (Å²) >= 11 is 0. The quantitative estimate of drug-likeness (QED) is 0.192. The molecule has 5 nitrogen and oxygen atoms in total. The van der Waals surface area contributed by atoms with Crippen molar-refractivity contribution in [1.29, 1.82) is 0 Å². The summed E-state index contributed by atoms with van der Waals surface area (Å²) < 4.78 is 1.08. The van der Waals surface area contributed by atoms with Gasteiger partial charge in [0.2, 0.25) is 0 Å². The van der Waals surface area contributed by atoms with Crippen LogP contribution < -0.4 is 23.6 Å². The molecule has 3 N–H and O–H groups in total. The van der Waals surface area contributed by atoms with Gasteiger partial charge in [0.15, 0.2) is 0 Å². The minimum Gasteiger partial charge on any atom is -1.00 e. The van der Waals surface area contributed by atoms with Gasteiger partial charge in [-0.05, 0) is 12.8 Å². The molecule has 0 unspecified atom stereocenters. The van der Waals surface area contributed by atoms with E-state index in [4.69, 9.17) is 5.84 Å². The maximum absolute atomic E-state index is 5.38. The maximum Gasteiger partial charge on any atom is 0.110 e. The Hall–Kier alpha value is -0.520. The van der Waals surface area contributed by atoms with Crippen molar-refractivity contribution in [2.75, 3.05) is 28.2 Å². The number of hydrazine groups is 1. The molecule has 1 fully saturated rings. The largest absolute Gasteiger partial charge is 1.00 e. The van der Waals surface area contributed by atoms with Gasteiger partial charge in [0.05, 0.1) is 27.2 Å². The Morgan fingerprint density at radius 1 is 1.24 bits per heavy atom. The van der Waals surface area contributed by atoms with Crippen LogP contribution >= 0.6 is 0 Å². The van der Waals surface area contributed by atoms with E-state index >= 15 is 0 Å². The molecule has 0 radical (unpaired) electrons. The predicted molar refractivity (Wildman–Crippen MR) is 67.7 cm³/mol. The van der Waals surface area contributed by atoms with Gasteiger partial charge >= 0.3 is 0 Å². The first kappa shape index (κ1) is 16.5. The van der Waals surface area contributed by atoms with Crippen LogP contribution in [0.2, 0.25) is 0 Å². The van der Waals surface area contributed by atoms with Crippen molar-refractivity contribution in [3.8, 4) is 0 Å². The lowest BCUT2D eigenvalue weighted by Crippen LogP contribution is -3.00. The number of nitrogens with zero attached hydrogens (tertiary/aromatic N) is 3. The van der Waals surface area contributed by atoms with E-state index in [9.17, 15) is 0 Å². The van der Waals surface area contributed by atoms with Crippen LogP contribution in [0.1, 0.15) is 25.7 Å². The average Bonchev–Trinajstić information content (AvgIpc) is 2.16. The van der Waals surface area contributed by atoms with Crippen LogP contribution in [-0.4, -0.2) is 56.2 Å². The van der Waals surface area contributed by atoms with Crippen LogP contribution in [0.5, 0.6) is 0 Å². The van der Waals surface area contributed by atoms with Crippen molar-refractivity contribution in [2.24, 2.45) is 10.9 Å². The van der Waals surface area contributed by atoms with Crippen LogP contribution in [0.3, 0.4) is 0 Å². The van der Waals surface area contributed by atoms with Crippen molar-refractivity contribution in [3.63, 3.8) is 0 Å². The van der Waals surface area contributed by atoms with E-state index in [1.807, 2.05) is 0 Å². The highest BCUT2D eigenvalue weighted by Crippen LogP contribution is 2.24. The van der Waals surface area contributed by atoms with Crippen LogP contribution in [0.25, 0.3) is 0 Å². The van der Waals surface area contributed by atoms with E-state index in [2.05, 4.69) is 31.6 Å². The van der Waals surface area contributed by atoms with Crippen molar-refractivity contribution in [3.05, 3.63) is 0 Å². The number of hydrazone groups is 1. The fraction of sp³-hybridized carbons (Fsp3) is 0.909. The minimum absolute atomic E-state index is 0. The van der Waals surface area contributed by atoms with Gasteiger partial charge in [-0.15, -0.1) is 0 Å². The fourth-order valence-corrected chi connectivity index (χ4v) is 2.25. The van der Waals surface area contributed by atoms with E-state index < -0.39 is 0 Å². The number of rotatable bonds is 4. The standard InChI is InChI=1S/C11H26N5.ClH/c1-15(12)14-9-13-10-5-7-11(8-6-10)16(2,3)4;/h9-11H,5-8,12H2,1-4H3,(H,13,14);1H/q+1;/p-1/t10-,11-;. The van der Waals surface area contributed by atoms with Crippen LogP contribution in [0.15, 0.2) is 5.10 Å². The molecule has 102 valence electrons. The molecule has 1 aliphatic carbocycles. The fourth-order valence-electron chi connectivity index (χ4n) is 2.25. The molecule has 0 atom stereocenters. The molecule has 0 aromatic rings. The molecule has 0 aliphatic heterocycles. The highest BCUT2D eigenvalue weighted by molar-refractivity contribution is 5.54. The molecule has 0 aromatic carbocycles. The van der Waals surface area contributed by atoms with Gasteiger partial charge in [-0.3, -0.25) is 0 Å². The zero-order chi connectivity index (χ0) is 12.2. The summed E-state index contributed by atoms with van der Waals surface area (Å²) in [6.07, 6.45) is 6.72. The van der Waals surface area contributed by atoms with Crippen molar-refractivity contribution in [1.82, 2.24) is 10.4 Å². The molecule has 0 amide bonds. The molecule has 1 saturated carbocycles. The van der Waals surface area contributed by atoms with Gasteiger partial charge in [0.25, 0.3) is 0 Å². The summed E-state index contributed by atoms with van der Waals surface area (Å²) in [5.74, 6) is 5.38. The van der Waals surface area contributed by atoms with Crippen molar-refractivity contribution < 1.29 is 16.9 Å². The maximum atomic E-state index is 5.38. The number of quaternary nitrogens is 1. The molecule has 0 heterocycles. The average molecular weight is 264 g/mol. The molecule has 0 aromatic heterocycles. The van der Waals surface area contributed by atoms with E-state index in [-0.39, 0.29) is 12.4 Å². The molecule has 0 saturated heterocycles. The third-order valence-electron chi connectivity index (χ3n) is 3.34. The Morgan fingerprint density at radius 3 is 2.18 bits per heavy atom. The minimum atomic E-state index is 0. The molecule has 6 heteroatoms. The lowest BCUT2D eigenvalue weighted by Gasteiger charge is -2.38. The van der Waals surface area contributed by atoms with Crippen LogP contribution in [0, 0.1) is 0 Å². The molecule has 1 rings (SSSR count). The Morgan fingerprint density at radius 2 is 1.76 bits per heavy atom. The molecular formula is C11H26ClN5. The third-order valence-corrected chi connectivity index (χ3v) is 3.34. The second-order valence-corrected chi connectivity index (χ2v) is 5.61. The summed E-state index contributed by atoms with van der Waals surface area (Å²) in [4.78, 5) is 0. The van der Waals surface area contributed by atoms with Gasteiger partial charge in [0.1, 0.15) is 6.34 Å². The highest BCUT2D eigenvalue weighted by atomic mass is 35.5. The van der Waals surface area contributed by atoms with E-state index in [0.717, 1.165) is 10.5 Å². The number of halogens is 1. The lowest BCUT2D eigenvalue weighted by atomic mass is 9.90. The second kappa shape index (κ2) is 7.03. The first-order valence-electron chi connectivity index (χ1n) is 5.97. The van der Waals surface area contributed by atoms with Gasteiger partial charge in [-0.1, -0.05) is 0 Å². The van der Waals surface area contributed by atoms with Crippen molar-refractivity contribution >= 4 is 6.34 Å². The van der Waals surface area contributed by atoms with E-state index in [1.54, 1.807) is 13.4 Å². The topological polar surface area (TPSA) is 53.6 Å². The Labute approximate surface area is 111 Å². The first-order valence-corrected chi connectivity index (χ1v) is 5.97. The van der Waals surface area contributed by atoms with E-state index in [1.165, 1.54) is 30.8 Å². The highest BCUT2D eigenvalue weighted by Gasteiger charge is 2.29. The van der Waals surface area contributed by atoms with Gasteiger partial charge in [-0.25, -0.2) is 11.0 Å². The Bertz CT molecular complexity index is 229. The van der Waals surface area contributed by atoms with Gasteiger partial charge in [-0.2, -0.15) is 5.10 Å². The molecule has 17 heavy (non-hydrogen) atoms. The Balaban J connectivity index is 0.00000256. The normalized spacial score (nSPS) is 25.5. The monoisotopic (exact) mass is 263 g/mol. The summed E-state index contributed by atoms with van der Waals surface area (Å²) in [5.41, 5.74) is 0. The summed E-state index contributed by atoms with van der Waals surface area (Å²) in [5, 5.41) is 8.57. The van der Waals surface area contributed by atoms with Gasteiger partial charge < -0.3 is 22.2 Å². The third kappa shape index (κ3) is 6.10. The van der Waals surface area contributed by atoms with Crippen LogP contribution in [-0.2, 0) is 0 Å². The summed E-state index contributed by atoms with van der Waals surface area (Å²) in [6.45, 7) is 0. The first-order chi connectivity index (χ1) is 7.39. The Kier molecular flexibility index (Phi) is 6.82. The number of nitrogens with two attached hydrogens (primary N) is 1. The molecule has 0 bridgehead atoms. The molecule has 1 aliphatic rings. The van der Waals surface area contributed by atoms with Gasteiger partial charge in [0, 0.05) is 25.9 Å². The zero-order valence-electron chi connectivity index (χ0n) is 11.4. The van der Waals surface area contributed by atoms with E-state index in [0.29, 0.717) is 6.04 Å². The van der Waals surface area contributed by atoms with Crippen molar-refractivity contribution in [2.45, 2.75) is 37.8 Å². The second-order valence-electron chi connectivity index (χ2n) is 5.61. The van der Waals surface area contributed by atoms with Crippen LogP contribution in [0.4, 0.5) is 0 Å². The number of hydrogen-bond acceptors (Lipinski definition) is 3. The number of hydrogen-bond donors (Lipinski definition) is 2.